The topological polar surface area (TPSA) is 117 Å². The van der Waals surface area contributed by atoms with Crippen LogP contribution in [0.3, 0.4) is 0 Å². The van der Waals surface area contributed by atoms with Gasteiger partial charge in [0.25, 0.3) is 0 Å². The number of esters is 1. The molecule has 3 N–H and O–H groups in total. The lowest BCUT2D eigenvalue weighted by molar-refractivity contribution is -0.120. The predicted molar refractivity (Wildman–Crippen MR) is 119 cm³/mol. The number of anilines is 1. The lowest BCUT2D eigenvalue weighted by Crippen LogP contribution is -2.26. The molecule has 8 nitrogen and oxygen atoms in total. The number of benzene rings is 2. The van der Waals surface area contributed by atoms with Crippen LogP contribution in [-0.2, 0) is 16.1 Å². The van der Waals surface area contributed by atoms with Crippen molar-refractivity contribution in [3.63, 3.8) is 0 Å². The Morgan fingerprint density at radius 2 is 1.59 bits per heavy atom. The second-order valence-corrected chi connectivity index (χ2v) is 7.71. The molecule has 1 saturated carbocycles. The van der Waals surface area contributed by atoms with Gasteiger partial charge in [-0.1, -0.05) is 31.4 Å². The Morgan fingerprint density at radius 1 is 0.969 bits per heavy atom. The van der Waals surface area contributed by atoms with E-state index < -0.39 is 11.9 Å². The molecule has 2 aromatic carbocycles. The van der Waals surface area contributed by atoms with Crippen LogP contribution in [0, 0.1) is 5.92 Å². The summed E-state index contributed by atoms with van der Waals surface area (Å²) in [4.78, 5) is 36.9. The van der Waals surface area contributed by atoms with Gasteiger partial charge in [-0.15, -0.1) is 0 Å². The van der Waals surface area contributed by atoms with Crippen LogP contribution in [-0.4, -0.2) is 32.0 Å². The second-order valence-electron chi connectivity index (χ2n) is 7.71. The minimum absolute atomic E-state index is 0.0117. The Balaban J connectivity index is 1.79. The smallest absolute Gasteiger partial charge is 0.340 e. The average Bonchev–Trinajstić information content (AvgIpc) is 2.82. The van der Waals surface area contributed by atoms with Gasteiger partial charge in [0.2, 0.25) is 11.8 Å². The molecule has 0 atom stereocenters. The van der Waals surface area contributed by atoms with Crippen LogP contribution in [0.5, 0.6) is 11.5 Å². The predicted octanol–water partition coefficient (Wildman–Crippen LogP) is 3.68. The fourth-order valence-corrected chi connectivity index (χ4v) is 3.74. The summed E-state index contributed by atoms with van der Waals surface area (Å²) >= 11 is 0. The Labute approximate surface area is 187 Å². The van der Waals surface area contributed by atoms with E-state index in [1.165, 1.54) is 20.3 Å². The SMILES string of the molecule is COc1cc(NC(=O)C2CCCCC2)c(C(=O)OCc2ccc(C(N)=O)cc2)cc1OC. The normalized spacial score (nSPS) is 13.8. The number of carbonyl (C=O) groups excluding carboxylic acids is 3. The highest BCUT2D eigenvalue weighted by molar-refractivity contribution is 6.02. The van der Waals surface area contributed by atoms with Crippen LogP contribution in [0.1, 0.15) is 58.4 Å². The van der Waals surface area contributed by atoms with Crippen molar-refractivity contribution in [1.29, 1.82) is 0 Å². The molecule has 170 valence electrons. The highest BCUT2D eigenvalue weighted by atomic mass is 16.5. The number of methoxy groups -OCH3 is 2. The van der Waals surface area contributed by atoms with Gasteiger partial charge in [0.05, 0.1) is 25.5 Å². The van der Waals surface area contributed by atoms with Crippen molar-refractivity contribution in [3.8, 4) is 11.5 Å². The van der Waals surface area contributed by atoms with Crippen LogP contribution < -0.4 is 20.5 Å². The lowest BCUT2D eigenvalue weighted by atomic mass is 9.88. The molecular formula is C24H28N2O6. The van der Waals surface area contributed by atoms with Gasteiger partial charge >= 0.3 is 5.97 Å². The molecule has 0 heterocycles. The Hall–Kier alpha value is -3.55. The molecular weight excluding hydrogens is 412 g/mol. The van der Waals surface area contributed by atoms with Gasteiger partial charge < -0.3 is 25.3 Å². The molecule has 8 heteroatoms. The van der Waals surface area contributed by atoms with Gasteiger partial charge in [-0.05, 0) is 30.5 Å². The van der Waals surface area contributed by atoms with Crippen molar-refractivity contribution >= 4 is 23.5 Å². The number of nitrogens with two attached hydrogens (primary N) is 1. The zero-order valence-electron chi connectivity index (χ0n) is 18.3. The van der Waals surface area contributed by atoms with Crippen molar-refractivity contribution < 1.29 is 28.6 Å². The molecule has 1 fully saturated rings. The molecule has 0 aromatic heterocycles. The minimum atomic E-state index is -0.621. The first-order valence-corrected chi connectivity index (χ1v) is 10.6. The van der Waals surface area contributed by atoms with E-state index in [0.717, 1.165) is 32.1 Å². The molecule has 2 amide bonds. The molecule has 2 aromatic rings. The summed E-state index contributed by atoms with van der Waals surface area (Å²) in [5.74, 6) is -0.607. The van der Waals surface area contributed by atoms with Gasteiger partial charge in [0.1, 0.15) is 6.61 Å². The molecule has 1 aliphatic rings. The summed E-state index contributed by atoms with van der Waals surface area (Å²) in [5.41, 5.74) is 6.78. The first-order chi connectivity index (χ1) is 15.4. The molecule has 1 aliphatic carbocycles. The van der Waals surface area contributed by atoms with Gasteiger partial charge in [0, 0.05) is 23.6 Å². The number of hydrogen-bond acceptors (Lipinski definition) is 6. The quantitative estimate of drug-likeness (QED) is 0.605. The monoisotopic (exact) mass is 440 g/mol. The van der Waals surface area contributed by atoms with E-state index in [4.69, 9.17) is 19.9 Å². The van der Waals surface area contributed by atoms with Gasteiger partial charge in [0.15, 0.2) is 11.5 Å². The molecule has 0 spiro atoms. The fourth-order valence-electron chi connectivity index (χ4n) is 3.74. The highest BCUT2D eigenvalue weighted by Crippen LogP contribution is 2.35. The van der Waals surface area contributed by atoms with Gasteiger partial charge in [-0.25, -0.2) is 4.79 Å². The summed E-state index contributed by atoms with van der Waals surface area (Å²) in [7, 11) is 2.95. The van der Waals surface area contributed by atoms with Crippen LogP contribution >= 0.6 is 0 Å². The summed E-state index contributed by atoms with van der Waals surface area (Å²) in [6.07, 6.45) is 4.85. The van der Waals surface area contributed by atoms with Crippen LogP contribution in [0.15, 0.2) is 36.4 Å². The highest BCUT2D eigenvalue weighted by Gasteiger charge is 2.25. The number of ether oxygens (including phenoxy) is 3. The van der Waals surface area contributed by atoms with Crippen LogP contribution in [0.25, 0.3) is 0 Å². The van der Waals surface area contributed by atoms with Gasteiger partial charge in [-0.2, -0.15) is 0 Å². The van der Waals surface area contributed by atoms with Crippen LogP contribution in [0.2, 0.25) is 0 Å². The standard InChI is InChI=1S/C24H28N2O6/c1-30-20-12-18(24(29)32-14-15-8-10-16(11-9-15)22(25)27)19(13-21(20)31-2)26-23(28)17-6-4-3-5-7-17/h8-13,17H,3-7,14H2,1-2H3,(H2,25,27)(H,26,28). The van der Waals surface area contributed by atoms with Crippen molar-refractivity contribution in [2.45, 2.75) is 38.7 Å². The fraction of sp³-hybridized carbons (Fsp3) is 0.375. The van der Waals surface area contributed by atoms with Crippen molar-refractivity contribution in [1.82, 2.24) is 0 Å². The molecule has 0 saturated heterocycles. The zero-order chi connectivity index (χ0) is 23.1. The minimum Gasteiger partial charge on any atom is -0.493 e. The van der Waals surface area contributed by atoms with E-state index >= 15 is 0 Å². The Morgan fingerprint density at radius 3 is 2.19 bits per heavy atom. The second kappa shape index (κ2) is 10.7. The number of hydrogen-bond donors (Lipinski definition) is 2. The average molecular weight is 440 g/mol. The summed E-state index contributed by atoms with van der Waals surface area (Å²) in [5, 5.41) is 2.88. The number of nitrogens with one attached hydrogen (secondary N) is 1. The zero-order valence-corrected chi connectivity index (χ0v) is 18.3. The third kappa shape index (κ3) is 5.57. The van der Waals surface area contributed by atoms with Crippen molar-refractivity contribution in [2.24, 2.45) is 11.7 Å². The summed E-state index contributed by atoms with van der Waals surface area (Å²) < 4.78 is 16.1. The van der Waals surface area contributed by atoms with E-state index in [1.807, 2.05) is 0 Å². The summed E-state index contributed by atoms with van der Waals surface area (Å²) in [6, 6.07) is 9.52. The third-order valence-electron chi connectivity index (χ3n) is 5.59. The molecule has 0 bridgehead atoms. The largest absolute Gasteiger partial charge is 0.493 e. The number of rotatable bonds is 8. The van der Waals surface area contributed by atoms with Crippen LogP contribution in [0.4, 0.5) is 5.69 Å². The number of carbonyl (C=O) groups is 3. The van der Waals surface area contributed by atoms with Crippen molar-refractivity contribution in [2.75, 3.05) is 19.5 Å². The molecule has 0 aliphatic heterocycles. The van der Waals surface area contributed by atoms with E-state index in [1.54, 1.807) is 30.3 Å². The maximum atomic E-state index is 12.9. The number of amides is 2. The van der Waals surface area contributed by atoms with E-state index in [-0.39, 0.29) is 24.0 Å². The summed E-state index contributed by atoms with van der Waals surface area (Å²) in [6.45, 7) is -0.0117. The van der Waals surface area contributed by atoms with E-state index in [9.17, 15) is 14.4 Å². The Kier molecular flexibility index (Phi) is 7.70. The van der Waals surface area contributed by atoms with E-state index in [2.05, 4.69) is 5.32 Å². The maximum Gasteiger partial charge on any atom is 0.340 e. The third-order valence-corrected chi connectivity index (χ3v) is 5.59. The van der Waals surface area contributed by atoms with E-state index in [0.29, 0.717) is 28.3 Å². The number of primary amides is 1. The van der Waals surface area contributed by atoms with Crippen molar-refractivity contribution in [3.05, 3.63) is 53.1 Å². The molecule has 32 heavy (non-hydrogen) atoms. The Bertz CT molecular complexity index is 981. The first kappa shape index (κ1) is 23.1. The molecule has 0 unspecified atom stereocenters. The maximum absolute atomic E-state index is 12.9. The molecule has 3 rings (SSSR count). The molecule has 0 radical (unpaired) electrons. The van der Waals surface area contributed by atoms with Gasteiger partial charge in [-0.3, -0.25) is 9.59 Å². The first-order valence-electron chi connectivity index (χ1n) is 10.6. The lowest BCUT2D eigenvalue weighted by Gasteiger charge is -2.22.